The summed E-state index contributed by atoms with van der Waals surface area (Å²) in [5.41, 5.74) is 0. The number of hydrogen-bond acceptors (Lipinski definition) is 3. The highest BCUT2D eigenvalue weighted by Gasteiger charge is 2.19. The van der Waals surface area contributed by atoms with Gasteiger partial charge in [-0.3, -0.25) is 4.79 Å². The summed E-state index contributed by atoms with van der Waals surface area (Å²) in [6.07, 6.45) is 6.53. The lowest BCUT2D eigenvalue weighted by Crippen LogP contribution is -2.46. The summed E-state index contributed by atoms with van der Waals surface area (Å²) in [6.45, 7) is 3.98. The van der Waals surface area contributed by atoms with Gasteiger partial charge in [-0.2, -0.15) is 11.8 Å². The van der Waals surface area contributed by atoms with Crippen molar-refractivity contribution in [3.63, 3.8) is 0 Å². The second-order valence-electron chi connectivity index (χ2n) is 4.13. The topological polar surface area (TPSA) is 41.1 Å². The van der Waals surface area contributed by atoms with Crippen molar-refractivity contribution < 1.29 is 4.79 Å². The van der Waals surface area contributed by atoms with Crippen LogP contribution in [0.5, 0.6) is 0 Å². The van der Waals surface area contributed by atoms with Crippen molar-refractivity contribution in [3.05, 3.63) is 0 Å². The van der Waals surface area contributed by atoms with Crippen LogP contribution < -0.4 is 10.6 Å². The number of piperidine rings is 1. The largest absolute Gasteiger partial charge is 0.355 e. The van der Waals surface area contributed by atoms with Gasteiger partial charge in [0.15, 0.2) is 0 Å². The van der Waals surface area contributed by atoms with Gasteiger partial charge in [0, 0.05) is 11.8 Å². The number of carbonyl (C=O) groups is 1. The highest BCUT2D eigenvalue weighted by Crippen LogP contribution is 2.09. The molecule has 0 aromatic rings. The molecule has 0 saturated carbocycles. The fourth-order valence-corrected chi connectivity index (χ4v) is 2.07. The Morgan fingerprint density at radius 2 is 2.40 bits per heavy atom. The van der Waals surface area contributed by atoms with Crippen molar-refractivity contribution >= 4 is 17.7 Å². The van der Waals surface area contributed by atoms with E-state index in [0.717, 1.165) is 25.9 Å². The van der Waals surface area contributed by atoms with Crippen molar-refractivity contribution in [3.8, 4) is 0 Å². The normalized spacial score (nSPS) is 23.5. The Hall–Kier alpha value is -0.220. The first-order valence-electron chi connectivity index (χ1n) is 5.78. The van der Waals surface area contributed by atoms with Crippen molar-refractivity contribution in [2.24, 2.45) is 0 Å². The van der Waals surface area contributed by atoms with Gasteiger partial charge in [-0.25, -0.2) is 0 Å². The zero-order chi connectivity index (χ0) is 11.1. The SMILES string of the molecule is CSC(C)CCNC(=O)[C@H]1CCCCN1. The van der Waals surface area contributed by atoms with E-state index in [9.17, 15) is 4.79 Å². The van der Waals surface area contributed by atoms with Crippen molar-refractivity contribution in [2.75, 3.05) is 19.3 Å². The maximum atomic E-state index is 11.7. The molecule has 4 heteroatoms. The van der Waals surface area contributed by atoms with Crippen LogP contribution in [0.4, 0.5) is 0 Å². The minimum absolute atomic E-state index is 0.0586. The molecule has 1 fully saturated rings. The smallest absolute Gasteiger partial charge is 0.237 e. The third-order valence-corrected chi connectivity index (χ3v) is 3.92. The fourth-order valence-electron chi connectivity index (χ4n) is 1.72. The molecule has 1 saturated heterocycles. The maximum absolute atomic E-state index is 11.7. The second kappa shape index (κ2) is 7.12. The summed E-state index contributed by atoms with van der Waals surface area (Å²) in [4.78, 5) is 11.7. The minimum atomic E-state index is 0.0586. The van der Waals surface area contributed by atoms with Crippen LogP contribution >= 0.6 is 11.8 Å². The Kier molecular flexibility index (Phi) is 6.10. The van der Waals surface area contributed by atoms with E-state index in [4.69, 9.17) is 0 Å². The molecule has 1 rings (SSSR count). The van der Waals surface area contributed by atoms with Gasteiger partial charge in [0.2, 0.25) is 5.91 Å². The first kappa shape index (κ1) is 12.8. The van der Waals surface area contributed by atoms with Crippen LogP contribution in [0.3, 0.4) is 0 Å². The van der Waals surface area contributed by atoms with Crippen LogP contribution in [0.25, 0.3) is 0 Å². The minimum Gasteiger partial charge on any atom is -0.355 e. The summed E-state index contributed by atoms with van der Waals surface area (Å²) < 4.78 is 0. The lowest BCUT2D eigenvalue weighted by Gasteiger charge is -2.22. The molecule has 1 aliphatic heterocycles. The predicted octanol–water partition coefficient (Wildman–Crippen LogP) is 1.39. The fraction of sp³-hybridized carbons (Fsp3) is 0.909. The molecule has 0 aliphatic carbocycles. The standard InChI is InChI=1S/C11H22N2OS/c1-9(15-2)6-8-13-11(14)10-5-3-4-7-12-10/h9-10,12H,3-8H2,1-2H3,(H,13,14)/t9?,10-/m1/s1. The number of amides is 1. The van der Waals surface area contributed by atoms with E-state index < -0.39 is 0 Å². The van der Waals surface area contributed by atoms with Crippen LogP contribution in [0, 0.1) is 0 Å². The Labute approximate surface area is 96.8 Å². The lowest BCUT2D eigenvalue weighted by atomic mass is 10.0. The van der Waals surface area contributed by atoms with Gasteiger partial charge >= 0.3 is 0 Å². The van der Waals surface area contributed by atoms with Gasteiger partial charge in [-0.15, -0.1) is 0 Å². The zero-order valence-corrected chi connectivity index (χ0v) is 10.5. The van der Waals surface area contributed by atoms with Gasteiger partial charge in [0.25, 0.3) is 0 Å². The predicted molar refractivity (Wildman–Crippen MR) is 66.2 cm³/mol. The van der Waals surface area contributed by atoms with E-state index in [2.05, 4.69) is 23.8 Å². The van der Waals surface area contributed by atoms with Crippen molar-refractivity contribution in [2.45, 2.75) is 43.9 Å². The Morgan fingerprint density at radius 1 is 1.60 bits per heavy atom. The van der Waals surface area contributed by atoms with E-state index in [1.54, 1.807) is 0 Å². The van der Waals surface area contributed by atoms with Crippen LogP contribution in [0.2, 0.25) is 0 Å². The average molecular weight is 230 g/mol. The van der Waals surface area contributed by atoms with Crippen LogP contribution in [0.15, 0.2) is 0 Å². The maximum Gasteiger partial charge on any atom is 0.237 e. The Balaban J connectivity index is 2.12. The number of thioether (sulfide) groups is 1. The molecule has 0 aromatic heterocycles. The van der Waals surface area contributed by atoms with E-state index in [1.165, 1.54) is 12.8 Å². The van der Waals surface area contributed by atoms with Gasteiger partial charge in [-0.1, -0.05) is 13.3 Å². The molecule has 0 spiro atoms. The van der Waals surface area contributed by atoms with Crippen molar-refractivity contribution in [1.29, 1.82) is 0 Å². The number of nitrogens with one attached hydrogen (secondary N) is 2. The van der Waals surface area contributed by atoms with E-state index >= 15 is 0 Å². The molecule has 1 aliphatic rings. The monoisotopic (exact) mass is 230 g/mol. The zero-order valence-electron chi connectivity index (χ0n) is 9.71. The van der Waals surface area contributed by atoms with Gasteiger partial charge < -0.3 is 10.6 Å². The quantitative estimate of drug-likeness (QED) is 0.750. The lowest BCUT2D eigenvalue weighted by molar-refractivity contribution is -0.123. The molecule has 88 valence electrons. The number of carbonyl (C=O) groups excluding carboxylic acids is 1. The summed E-state index contributed by atoms with van der Waals surface area (Å²) in [7, 11) is 0. The summed E-state index contributed by atoms with van der Waals surface area (Å²) in [6, 6.07) is 0.0586. The molecule has 2 N–H and O–H groups in total. The van der Waals surface area contributed by atoms with Gasteiger partial charge in [0.1, 0.15) is 0 Å². The van der Waals surface area contributed by atoms with Gasteiger partial charge in [-0.05, 0) is 32.1 Å². The summed E-state index contributed by atoms with van der Waals surface area (Å²) >= 11 is 1.85. The molecule has 15 heavy (non-hydrogen) atoms. The third-order valence-electron chi connectivity index (χ3n) is 2.88. The average Bonchev–Trinajstić information content (AvgIpc) is 2.29. The Morgan fingerprint density at radius 3 is 3.00 bits per heavy atom. The highest BCUT2D eigenvalue weighted by molar-refractivity contribution is 7.99. The van der Waals surface area contributed by atoms with E-state index in [0.29, 0.717) is 5.25 Å². The summed E-state index contributed by atoms with van der Waals surface area (Å²) in [5.74, 6) is 0.183. The molecular formula is C11H22N2OS. The van der Waals surface area contributed by atoms with Gasteiger partial charge in [0.05, 0.1) is 6.04 Å². The van der Waals surface area contributed by atoms with Crippen LogP contribution in [-0.4, -0.2) is 36.5 Å². The first-order valence-corrected chi connectivity index (χ1v) is 7.06. The molecule has 1 heterocycles. The molecule has 0 bridgehead atoms. The summed E-state index contributed by atoms with van der Waals surface area (Å²) in [5, 5.41) is 6.89. The molecule has 1 amide bonds. The van der Waals surface area contributed by atoms with E-state index in [1.807, 2.05) is 11.8 Å². The van der Waals surface area contributed by atoms with Crippen molar-refractivity contribution in [1.82, 2.24) is 10.6 Å². The van der Waals surface area contributed by atoms with E-state index in [-0.39, 0.29) is 11.9 Å². The van der Waals surface area contributed by atoms with Crippen LogP contribution in [0.1, 0.15) is 32.6 Å². The molecule has 0 aromatic carbocycles. The van der Waals surface area contributed by atoms with Crippen LogP contribution in [-0.2, 0) is 4.79 Å². The number of rotatable bonds is 5. The molecule has 2 atom stereocenters. The third kappa shape index (κ3) is 4.89. The highest BCUT2D eigenvalue weighted by atomic mass is 32.2. The molecule has 1 unspecified atom stereocenters. The molecular weight excluding hydrogens is 208 g/mol. The molecule has 0 radical (unpaired) electrons. The second-order valence-corrected chi connectivity index (χ2v) is 5.40. The number of hydrogen-bond donors (Lipinski definition) is 2. The first-order chi connectivity index (χ1) is 7.24. The Bertz CT molecular complexity index is 193. The molecule has 3 nitrogen and oxygen atoms in total.